The molecular weight excluding hydrogens is 308 g/mol. The van der Waals surface area contributed by atoms with Gasteiger partial charge in [-0.15, -0.1) is 0 Å². The Hall–Kier alpha value is -1.06. The number of aromatic hydroxyl groups is 1. The summed E-state index contributed by atoms with van der Waals surface area (Å²) in [6.45, 7) is 4.71. The van der Waals surface area contributed by atoms with Crippen molar-refractivity contribution in [3.63, 3.8) is 0 Å². The van der Waals surface area contributed by atoms with Crippen molar-refractivity contribution in [3.8, 4) is 5.75 Å². The molecule has 1 saturated heterocycles. The van der Waals surface area contributed by atoms with E-state index in [1.807, 2.05) is 12.1 Å². The molecule has 1 aromatic rings. The normalized spacial score (nSPS) is 33.2. The van der Waals surface area contributed by atoms with E-state index in [1.165, 1.54) is 49.7 Å². The summed E-state index contributed by atoms with van der Waals surface area (Å²) in [4.78, 5) is 2.55. The van der Waals surface area contributed by atoms with Gasteiger partial charge in [-0.25, -0.2) is 0 Å². The van der Waals surface area contributed by atoms with Crippen molar-refractivity contribution in [1.82, 2.24) is 10.2 Å². The second kappa shape index (κ2) is 6.92. The van der Waals surface area contributed by atoms with E-state index in [-0.39, 0.29) is 5.41 Å². The first kappa shape index (κ1) is 17.4. The van der Waals surface area contributed by atoms with Crippen molar-refractivity contribution in [1.29, 1.82) is 0 Å². The molecule has 0 amide bonds. The smallest absolute Gasteiger partial charge is 0.115 e. The van der Waals surface area contributed by atoms with Crippen molar-refractivity contribution in [3.05, 3.63) is 29.3 Å². The number of likely N-dealkylation sites (tertiary alicyclic amines) is 1. The van der Waals surface area contributed by atoms with Crippen LogP contribution in [0.5, 0.6) is 5.75 Å². The van der Waals surface area contributed by atoms with E-state index in [0.29, 0.717) is 17.8 Å². The first-order valence-electron chi connectivity index (χ1n) is 10.3. The van der Waals surface area contributed by atoms with Gasteiger partial charge in [-0.2, -0.15) is 0 Å². The minimum absolute atomic E-state index is 0.135. The second-order valence-corrected chi connectivity index (χ2v) is 8.99. The molecule has 25 heavy (non-hydrogen) atoms. The van der Waals surface area contributed by atoms with Gasteiger partial charge < -0.3 is 15.3 Å². The fourth-order valence-corrected chi connectivity index (χ4v) is 5.76. The number of hydrogen-bond acceptors (Lipinski definition) is 3. The summed E-state index contributed by atoms with van der Waals surface area (Å²) >= 11 is 0. The number of benzene rings is 1. The highest BCUT2D eigenvalue weighted by Crippen LogP contribution is 2.45. The van der Waals surface area contributed by atoms with Crippen LogP contribution in [0.15, 0.2) is 18.2 Å². The molecule has 3 heteroatoms. The van der Waals surface area contributed by atoms with Gasteiger partial charge in [0, 0.05) is 17.5 Å². The number of likely N-dealkylation sites (N-methyl/N-ethyl adjacent to an activating group) is 1. The molecule has 3 nitrogen and oxygen atoms in total. The highest BCUT2D eigenvalue weighted by atomic mass is 16.3. The van der Waals surface area contributed by atoms with Gasteiger partial charge in [0.15, 0.2) is 0 Å². The van der Waals surface area contributed by atoms with Crippen LogP contribution in [0.4, 0.5) is 0 Å². The minimum atomic E-state index is 0.135. The fourth-order valence-electron chi connectivity index (χ4n) is 5.76. The summed E-state index contributed by atoms with van der Waals surface area (Å²) in [7, 11) is 2.28. The van der Waals surface area contributed by atoms with Gasteiger partial charge in [0.2, 0.25) is 0 Å². The van der Waals surface area contributed by atoms with Gasteiger partial charge in [0.1, 0.15) is 5.75 Å². The average Bonchev–Trinajstić information content (AvgIpc) is 2.62. The molecule has 1 aliphatic heterocycles. The summed E-state index contributed by atoms with van der Waals surface area (Å²) in [6.07, 6.45) is 10.8. The number of phenolic OH excluding ortho intramolecular Hbond substituents is 1. The van der Waals surface area contributed by atoms with Crippen molar-refractivity contribution in [2.24, 2.45) is 5.92 Å². The molecule has 1 unspecified atom stereocenters. The van der Waals surface area contributed by atoms with Crippen molar-refractivity contribution in [2.75, 3.05) is 20.1 Å². The Morgan fingerprint density at radius 3 is 2.84 bits per heavy atom. The lowest BCUT2D eigenvalue weighted by Crippen LogP contribution is -2.66. The Kier molecular flexibility index (Phi) is 4.81. The molecule has 2 bridgehead atoms. The number of piperidine rings is 1. The van der Waals surface area contributed by atoms with E-state index in [1.54, 1.807) is 0 Å². The van der Waals surface area contributed by atoms with Crippen LogP contribution < -0.4 is 5.32 Å². The highest BCUT2D eigenvalue weighted by Gasteiger charge is 2.49. The molecule has 2 aliphatic carbocycles. The standard InChI is InChI=1S/C22H34N2O/c1-22-11-13-24(2)20(14-17-8-9-18(25)15-19(17)22)21(22)23-12-10-16-6-4-3-5-7-16/h8-9,15-16,20-21,23,25H,3-7,10-14H2,1-2H3/t20-,21+,22?/m1/s1. The number of phenols is 1. The maximum Gasteiger partial charge on any atom is 0.115 e. The van der Waals surface area contributed by atoms with Gasteiger partial charge in [-0.3, -0.25) is 0 Å². The van der Waals surface area contributed by atoms with Gasteiger partial charge in [0.25, 0.3) is 0 Å². The van der Waals surface area contributed by atoms with Crippen molar-refractivity contribution in [2.45, 2.75) is 75.8 Å². The number of hydrogen-bond donors (Lipinski definition) is 2. The number of nitrogens with zero attached hydrogens (tertiary/aromatic N) is 1. The summed E-state index contributed by atoms with van der Waals surface area (Å²) < 4.78 is 0. The van der Waals surface area contributed by atoms with Crippen LogP contribution in [0.25, 0.3) is 0 Å². The first-order chi connectivity index (χ1) is 12.1. The lowest BCUT2D eigenvalue weighted by molar-refractivity contribution is 0.0649. The fraction of sp³-hybridized carbons (Fsp3) is 0.727. The third kappa shape index (κ3) is 3.21. The van der Waals surface area contributed by atoms with Gasteiger partial charge in [-0.05, 0) is 68.6 Å². The largest absolute Gasteiger partial charge is 0.508 e. The Labute approximate surface area is 152 Å². The Balaban J connectivity index is 1.52. The van der Waals surface area contributed by atoms with Crippen LogP contribution in [0, 0.1) is 5.92 Å². The maximum atomic E-state index is 10.1. The monoisotopic (exact) mass is 342 g/mol. The molecule has 1 saturated carbocycles. The molecule has 0 aromatic heterocycles. The number of fused-ring (bicyclic) bond motifs is 4. The van der Waals surface area contributed by atoms with Crippen LogP contribution >= 0.6 is 0 Å². The van der Waals surface area contributed by atoms with E-state index in [4.69, 9.17) is 0 Å². The Bertz CT molecular complexity index is 610. The molecule has 0 radical (unpaired) electrons. The van der Waals surface area contributed by atoms with Crippen LogP contribution in [-0.2, 0) is 11.8 Å². The lowest BCUT2D eigenvalue weighted by Gasteiger charge is -2.55. The summed E-state index contributed by atoms with van der Waals surface area (Å²) in [5, 5.41) is 14.0. The average molecular weight is 343 g/mol. The predicted octanol–water partition coefficient (Wildman–Crippen LogP) is 3.84. The molecule has 138 valence electrons. The molecule has 3 aliphatic rings. The van der Waals surface area contributed by atoms with E-state index in [9.17, 15) is 5.11 Å². The zero-order valence-electron chi connectivity index (χ0n) is 15.9. The minimum Gasteiger partial charge on any atom is -0.508 e. The summed E-state index contributed by atoms with van der Waals surface area (Å²) in [6, 6.07) is 7.10. The lowest BCUT2D eigenvalue weighted by atomic mass is 9.61. The van der Waals surface area contributed by atoms with Crippen LogP contribution in [0.2, 0.25) is 0 Å². The van der Waals surface area contributed by atoms with Gasteiger partial charge in [0.05, 0.1) is 0 Å². The third-order valence-corrected chi connectivity index (χ3v) is 7.40. The zero-order chi connectivity index (χ0) is 17.4. The van der Waals surface area contributed by atoms with Crippen molar-refractivity contribution >= 4 is 0 Å². The zero-order valence-corrected chi connectivity index (χ0v) is 15.9. The summed E-state index contributed by atoms with van der Waals surface area (Å²) in [5.41, 5.74) is 2.95. The van der Waals surface area contributed by atoms with Crippen LogP contribution in [0.3, 0.4) is 0 Å². The third-order valence-electron chi connectivity index (χ3n) is 7.40. The van der Waals surface area contributed by atoms with Crippen LogP contribution in [-0.4, -0.2) is 42.2 Å². The van der Waals surface area contributed by atoms with E-state index in [2.05, 4.69) is 30.3 Å². The topological polar surface area (TPSA) is 35.5 Å². The van der Waals surface area contributed by atoms with E-state index < -0.39 is 0 Å². The number of rotatable bonds is 4. The molecule has 0 spiro atoms. The molecule has 1 heterocycles. The predicted molar refractivity (Wildman–Crippen MR) is 103 cm³/mol. The SMILES string of the molecule is CN1CCC2(C)c3cc(O)ccc3C[C@@H]1[C@@H]2NCCC1CCCCC1. The molecule has 4 rings (SSSR count). The van der Waals surface area contributed by atoms with Gasteiger partial charge in [-0.1, -0.05) is 45.1 Å². The second-order valence-electron chi connectivity index (χ2n) is 8.99. The molecule has 2 fully saturated rings. The van der Waals surface area contributed by atoms with E-state index >= 15 is 0 Å². The maximum absolute atomic E-state index is 10.1. The first-order valence-corrected chi connectivity index (χ1v) is 10.3. The quantitative estimate of drug-likeness (QED) is 0.873. The van der Waals surface area contributed by atoms with Gasteiger partial charge >= 0.3 is 0 Å². The molecular formula is C22H34N2O. The Morgan fingerprint density at radius 1 is 1.24 bits per heavy atom. The van der Waals surface area contributed by atoms with Crippen molar-refractivity contribution < 1.29 is 5.11 Å². The highest BCUT2D eigenvalue weighted by molar-refractivity contribution is 5.45. The molecule has 1 aromatic carbocycles. The Morgan fingerprint density at radius 2 is 2.04 bits per heavy atom. The van der Waals surface area contributed by atoms with E-state index in [0.717, 1.165) is 31.8 Å². The number of nitrogens with one attached hydrogen (secondary N) is 1. The molecule has 3 atom stereocenters. The molecule has 2 N–H and O–H groups in total. The summed E-state index contributed by atoms with van der Waals surface area (Å²) in [5.74, 6) is 1.35. The van der Waals surface area contributed by atoms with Crippen LogP contribution in [0.1, 0.15) is 63.0 Å².